The zero-order chi connectivity index (χ0) is 13.1. The molecule has 0 saturated carbocycles. The van der Waals surface area contributed by atoms with Gasteiger partial charge in [-0.2, -0.15) is 5.10 Å². The van der Waals surface area contributed by atoms with E-state index in [4.69, 9.17) is 5.84 Å². The van der Waals surface area contributed by atoms with Gasteiger partial charge in [-0.05, 0) is 24.6 Å². The summed E-state index contributed by atoms with van der Waals surface area (Å²) in [5.74, 6) is 6.00. The minimum absolute atomic E-state index is 0.395. The highest BCUT2D eigenvalue weighted by molar-refractivity contribution is 6.03. The van der Waals surface area contributed by atoms with E-state index in [1.807, 2.05) is 42.2 Å². The lowest BCUT2D eigenvalue weighted by atomic mass is 9.98. The van der Waals surface area contributed by atoms with E-state index in [9.17, 15) is 4.79 Å². The van der Waals surface area contributed by atoms with Gasteiger partial charge in [-0.15, -0.1) is 0 Å². The van der Waals surface area contributed by atoms with Gasteiger partial charge in [0.25, 0.3) is 0 Å². The first-order chi connectivity index (χ1) is 8.69. The third kappa shape index (κ3) is 1.93. The van der Waals surface area contributed by atoms with Crippen LogP contribution in [-0.2, 0) is 11.2 Å². The van der Waals surface area contributed by atoms with Crippen LogP contribution < -0.4 is 10.7 Å². The van der Waals surface area contributed by atoms with Crippen molar-refractivity contribution in [1.82, 2.24) is 0 Å². The van der Waals surface area contributed by atoms with Gasteiger partial charge in [0, 0.05) is 17.7 Å². The van der Waals surface area contributed by atoms with Crippen LogP contribution in [0.25, 0.3) is 6.08 Å². The van der Waals surface area contributed by atoms with Crippen molar-refractivity contribution >= 4 is 23.9 Å². The van der Waals surface area contributed by atoms with Gasteiger partial charge in [0.15, 0.2) is 0 Å². The third-order valence-corrected chi connectivity index (χ3v) is 2.96. The molecule has 0 atom stereocenters. The molecule has 0 fully saturated rings. The Labute approximate surface area is 106 Å². The van der Waals surface area contributed by atoms with Crippen molar-refractivity contribution in [3.8, 4) is 0 Å². The maximum absolute atomic E-state index is 10.7. The molecule has 0 spiro atoms. The number of aldehydes is 1. The molecule has 0 amide bonds. The Balaban J connectivity index is 2.59. The number of carbonyl (C=O) groups excluding carboxylic acids is 1. The fraction of sp³-hybridized carbons (Fsp3) is 0.143. The fourth-order valence-electron chi connectivity index (χ4n) is 2.10. The fourth-order valence-corrected chi connectivity index (χ4v) is 2.10. The van der Waals surface area contributed by atoms with Gasteiger partial charge in [-0.1, -0.05) is 24.8 Å². The predicted octanol–water partition coefficient (Wildman–Crippen LogP) is 2.07. The number of anilines is 1. The van der Waals surface area contributed by atoms with Crippen LogP contribution in [-0.4, -0.2) is 12.1 Å². The summed E-state index contributed by atoms with van der Waals surface area (Å²) in [7, 11) is 0. The van der Waals surface area contributed by atoms with Gasteiger partial charge in [0.05, 0.1) is 5.69 Å². The number of carbonyl (C=O) groups is 1. The van der Waals surface area contributed by atoms with Crippen LogP contribution in [0.1, 0.15) is 18.1 Å². The Kier molecular flexibility index (Phi) is 3.28. The summed E-state index contributed by atoms with van der Waals surface area (Å²) in [4.78, 5) is 12.6. The SMILES string of the molecule is C=C1C=Cc2c(CC=O)cccc2N1/C(C)=N\N. The highest BCUT2D eigenvalue weighted by atomic mass is 16.1. The van der Waals surface area contributed by atoms with Crippen LogP contribution in [0, 0.1) is 0 Å². The normalized spacial score (nSPS) is 14.6. The van der Waals surface area contributed by atoms with E-state index in [1.54, 1.807) is 0 Å². The summed E-state index contributed by atoms with van der Waals surface area (Å²) in [6.07, 6.45) is 5.16. The lowest BCUT2D eigenvalue weighted by molar-refractivity contribution is -0.107. The molecule has 1 heterocycles. The number of nitrogens with zero attached hydrogens (tertiary/aromatic N) is 2. The number of hydrogen-bond donors (Lipinski definition) is 1. The van der Waals surface area contributed by atoms with E-state index in [1.165, 1.54) is 0 Å². The molecule has 0 aromatic heterocycles. The second-order valence-corrected chi connectivity index (χ2v) is 4.06. The second-order valence-electron chi connectivity index (χ2n) is 4.06. The van der Waals surface area contributed by atoms with Gasteiger partial charge in [0.2, 0.25) is 0 Å². The Morgan fingerprint density at radius 3 is 2.94 bits per heavy atom. The molecule has 92 valence electrons. The molecule has 1 aliphatic rings. The van der Waals surface area contributed by atoms with E-state index in [0.29, 0.717) is 12.3 Å². The number of hydrogen-bond acceptors (Lipinski definition) is 3. The smallest absolute Gasteiger partial charge is 0.130 e. The van der Waals surface area contributed by atoms with Gasteiger partial charge in [-0.25, -0.2) is 0 Å². The Morgan fingerprint density at radius 1 is 1.50 bits per heavy atom. The van der Waals surface area contributed by atoms with Crippen molar-refractivity contribution in [2.75, 3.05) is 4.90 Å². The number of benzene rings is 1. The quantitative estimate of drug-likeness (QED) is 0.283. The summed E-state index contributed by atoms with van der Waals surface area (Å²) >= 11 is 0. The molecule has 0 aliphatic carbocycles. The Hall–Kier alpha value is -2.36. The number of amidine groups is 1. The van der Waals surface area contributed by atoms with E-state index >= 15 is 0 Å². The second kappa shape index (κ2) is 4.87. The van der Waals surface area contributed by atoms with Crippen molar-refractivity contribution in [3.05, 3.63) is 47.7 Å². The van der Waals surface area contributed by atoms with Crippen molar-refractivity contribution < 1.29 is 4.79 Å². The molecular weight excluding hydrogens is 226 g/mol. The van der Waals surface area contributed by atoms with Crippen LogP contribution in [0.2, 0.25) is 0 Å². The average Bonchev–Trinajstić information content (AvgIpc) is 2.38. The topological polar surface area (TPSA) is 58.7 Å². The van der Waals surface area contributed by atoms with E-state index in [0.717, 1.165) is 28.8 Å². The number of rotatable bonds is 2. The maximum Gasteiger partial charge on any atom is 0.130 e. The first-order valence-corrected chi connectivity index (χ1v) is 5.66. The lowest BCUT2D eigenvalue weighted by Crippen LogP contribution is -2.30. The Morgan fingerprint density at radius 2 is 2.28 bits per heavy atom. The molecule has 0 unspecified atom stereocenters. The molecule has 1 aliphatic heterocycles. The Bertz CT molecular complexity index is 558. The molecule has 2 rings (SSSR count). The lowest BCUT2D eigenvalue weighted by Gasteiger charge is -2.29. The molecule has 1 aromatic carbocycles. The summed E-state index contributed by atoms with van der Waals surface area (Å²) in [6, 6.07) is 5.83. The van der Waals surface area contributed by atoms with Gasteiger partial charge in [0.1, 0.15) is 12.1 Å². The van der Waals surface area contributed by atoms with Gasteiger partial charge in [-0.3, -0.25) is 4.90 Å². The summed E-state index contributed by atoms with van der Waals surface area (Å²) in [5.41, 5.74) is 3.76. The van der Waals surface area contributed by atoms with Crippen molar-refractivity contribution in [3.63, 3.8) is 0 Å². The van der Waals surface area contributed by atoms with Gasteiger partial charge < -0.3 is 10.6 Å². The van der Waals surface area contributed by atoms with E-state index in [-0.39, 0.29) is 0 Å². The molecule has 0 saturated heterocycles. The first-order valence-electron chi connectivity index (χ1n) is 5.66. The molecule has 4 nitrogen and oxygen atoms in total. The zero-order valence-corrected chi connectivity index (χ0v) is 10.3. The van der Waals surface area contributed by atoms with Crippen LogP contribution >= 0.6 is 0 Å². The molecule has 0 radical (unpaired) electrons. The standard InChI is InChI=1S/C14H15N3O/c1-10-6-7-13-12(8-9-18)4-3-5-14(13)17(10)11(2)16-15/h3-7,9H,1,8,15H2,2H3/b16-11-. The minimum Gasteiger partial charge on any atom is -0.322 e. The summed E-state index contributed by atoms with van der Waals surface area (Å²) < 4.78 is 0. The van der Waals surface area contributed by atoms with Crippen LogP contribution in [0.3, 0.4) is 0 Å². The van der Waals surface area contributed by atoms with Crippen LogP contribution in [0.5, 0.6) is 0 Å². The largest absolute Gasteiger partial charge is 0.322 e. The van der Waals surface area contributed by atoms with E-state index in [2.05, 4.69) is 11.7 Å². The molecule has 4 heteroatoms. The first kappa shape index (κ1) is 12.1. The van der Waals surface area contributed by atoms with Gasteiger partial charge >= 0.3 is 0 Å². The molecule has 0 bridgehead atoms. The monoisotopic (exact) mass is 241 g/mol. The number of allylic oxidation sites excluding steroid dienone is 1. The van der Waals surface area contributed by atoms with E-state index < -0.39 is 0 Å². The van der Waals surface area contributed by atoms with Crippen molar-refractivity contribution in [2.24, 2.45) is 10.9 Å². The summed E-state index contributed by atoms with van der Waals surface area (Å²) in [5, 5.41) is 3.72. The molecule has 1 aromatic rings. The molecule has 18 heavy (non-hydrogen) atoms. The summed E-state index contributed by atoms with van der Waals surface area (Å²) in [6.45, 7) is 5.79. The number of fused-ring (bicyclic) bond motifs is 1. The molecule has 2 N–H and O–H groups in total. The number of nitrogens with two attached hydrogens (primary N) is 1. The third-order valence-electron chi connectivity index (χ3n) is 2.96. The average molecular weight is 241 g/mol. The molecular formula is C14H15N3O. The van der Waals surface area contributed by atoms with Crippen molar-refractivity contribution in [2.45, 2.75) is 13.3 Å². The maximum atomic E-state index is 10.7. The zero-order valence-electron chi connectivity index (χ0n) is 10.3. The van der Waals surface area contributed by atoms with Crippen LogP contribution in [0.4, 0.5) is 5.69 Å². The number of hydrazone groups is 1. The van der Waals surface area contributed by atoms with Crippen LogP contribution in [0.15, 0.2) is 41.7 Å². The highest BCUT2D eigenvalue weighted by Crippen LogP contribution is 2.32. The predicted molar refractivity (Wildman–Crippen MR) is 74.2 cm³/mol. The highest BCUT2D eigenvalue weighted by Gasteiger charge is 2.20. The van der Waals surface area contributed by atoms with Crippen molar-refractivity contribution in [1.29, 1.82) is 0 Å². The minimum atomic E-state index is 0.395.